The maximum atomic E-state index is 12.8. The van der Waals surface area contributed by atoms with Gasteiger partial charge in [0.25, 0.3) is 0 Å². The smallest absolute Gasteiger partial charge is 0.326 e. The summed E-state index contributed by atoms with van der Waals surface area (Å²) in [7, 11) is 0. The van der Waals surface area contributed by atoms with Crippen LogP contribution in [0.25, 0.3) is 0 Å². The van der Waals surface area contributed by atoms with E-state index >= 15 is 0 Å². The molecule has 0 heterocycles. The number of rotatable bonds is 16. The Morgan fingerprint density at radius 1 is 0.788 bits per heavy atom. The molecule has 0 saturated heterocycles. The van der Waals surface area contributed by atoms with Crippen molar-refractivity contribution in [3.63, 3.8) is 0 Å². The summed E-state index contributed by atoms with van der Waals surface area (Å²) in [5.74, 6) is -4.14. The first-order valence-corrected chi connectivity index (χ1v) is 12.3. The molecule has 0 aromatic heterocycles. The number of nitrogens with two attached hydrogens (primary N) is 1. The Hall–Kier alpha value is -2.34. The number of aliphatic carboxylic acids is 2. The third-order valence-corrected chi connectivity index (χ3v) is 5.28. The summed E-state index contributed by atoms with van der Waals surface area (Å²) < 4.78 is 0. The lowest BCUT2D eigenvalue weighted by Gasteiger charge is -2.25. The number of hydrogen-bond acceptors (Lipinski definition) is 7. The van der Waals surface area contributed by atoms with Crippen molar-refractivity contribution in [2.24, 2.45) is 17.6 Å². The van der Waals surface area contributed by atoms with Crippen LogP contribution < -0.4 is 21.7 Å². The molecule has 0 aromatic carbocycles. The van der Waals surface area contributed by atoms with Crippen LogP contribution in [-0.2, 0) is 24.0 Å². The molecule has 0 fully saturated rings. The first kappa shape index (κ1) is 30.7. The molecule has 33 heavy (non-hydrogen) atoms. The SMILES string of the molecule is CSCCC(NC(=O)C(CC(C)C)NC(=O)C(CC(=O)O)NC(=O)C(N)CC(C)C)C(=O)O. The molecule has 4 atom stereocenters. The molecule has 12 heteroatoms. The molecule has 3 amide bonds. The van der Waals surface area contributed by atoms with Gasteiger partial charge in [0.15, 0.2) is 0 Å². The van der Waals surface area contributed by atoms with Crippen molar-refractivity contribution in [1.82, 2.24) is 16.0 Å². The first-order chi connectivity index (χ1) is 15.3. The molecule has 7 N–H and O–H groups in total. The normalized spacial score (nSPS) is 14.8. The fourth-order valence-electron chi connectivity index (χ4n) is 3.02. The Morgan fingerprint density at radius 3 is 1.73 bits per heavy atom. The molecular formula is C21H38N4O7S. The lowest BCUT2D eigenvalue weighted by atomic mass is 10.0. The summed E-state index contributed by atoms with van der Waals surface area (Å²) in [4.78, 5) is 60.6. The summed E-state index contributed by atoms with van der Waals surface area (Å²) in [6.45, 7) is 7.37. The second-order valence-electron chi connectivity index (χ2n) is 8.77. The predicted octanol–water partition coefficient (Wildman–Crippen LogP) is 0.173. The van der Waals surface area contributed by atoms with E-state index in [0.29, 0.717) is 12.2 Å². The Labute approximate surface area is 199 Å². The Balaban J connectivity index is 5.48. The maximum Gasteiger partial charge on any atom is 0.326 e. The molecule has 0 aliphatic rings. The Bertz CT molecular complexity index is 688. The standard InChI is InChI=1S/C21H38N4O7S/c1-11(2)8-13(22)18(28)24-16(10-17(26)27)20(30)25-15(9-12(3)4)19(29)23-14(21(31)32)6-7-33-5/h11-16H,6-10,22H2,1-5H3,(H,23,29)(H,24,28)(H,25,30)(H,26,27)(H,31,32). The lowest BCUT2D eigenvalue weighted by Crippen LogP contribution is -2.57. The van der Waals surface area contributed by atoms with Gasteiger partial charge in [-0.1, -0.05) is 27.7 Å². The molecular weight excluding hydrogens is 452 g/mol. The third kappa shape index (κ3) is 13.1. The molecule has 190 valence electrons. The van der Waals surface area contributed by atoms with Gasteiger partial charge < -0.3 is 31.9 Å². The summed E-state index contributed by atoms with van der Waals surface area (Å²) in [5, 5.41) is 25.8. The molecule has 0 spiro atoms. The highest BCUT2D eigenvalue weighted by Gasteiger charge is 2.31. The second kappa shape index (κ2) is 15.5. The van der Waals surface area contributed by atoms with E-state index in [2.05, 4.69) is 16.0 Å². The largest absolute Gasteiger partial charge is 0.481 e. The average molecular weight is 491 g/mol. The van der Waals surface area contributed by atoms with Crippen LogP contribution in [-0.4, -0.2) is 76.0 Å². The van der Waals surface area contributed by atoms with Gasteiger partial charge in [-0.25, -0.2) is 4.79 Å². The van der Waals surface area contributed by atoms with Crippen molar-refractivity contribution in [3.05, 3.63) is 0 Å². The Kier molecular flexibility index (Phi) is 14.4. The zero-order valence-electron chi connectivity index (χ0n) is 19.9. The maximum absolute atomic E-state index is 12.8. The van der Waals surface area contributed by atoms with Crippen LogP contribution in [0.1, 0.15) is 53.4 Å². The minimum absolute atomic E-state index is 0.0393. The van der Waals surface area contributed by atoms with Gasteiger partial charge in [0.2, 0.25) is 17.7 Å². The van der Waals surface area contributed by atoms with Crippen LogP contribution in [0.2, 0.25) is 0 Å². The number of hydrogen-bond donors (Lipinski definition) is 6. The topological polar surface area (TPSA) is 188 Å². The van der Waals surface area contributed by atoms with E-state index in [1.54, 1.807) is 0 Å². The van der Waals surface area contributed by atoms with Crippen molar-refractivity contribution in [1.29, 1.82) is 0 Å². The summed E-state index contributed by atoms with van der Waals surface area (Å²) in [6.07, 6.45) is 1.85. The van der Waals surface area contributed by atoms with Gasteiger partial charge in [-0.15, -0.1) is 0 Å². The van der Waals surface area contributed by atoms with E-state index in [1.807, 2.05) is 34.0 Å². The fourth-order valence-corrected chi connectivity index (χ4v) is 3.49. The van der Waals surface area contributed by atoms with Crippen LogP contribution in [0.15, 0.2) is 0 Å². The van der Waals surface area contributed by atoms with Gasteiger partial charge in [-0.3, -0.25) is 19.2 Å². The molecule has 11 nitrogen and oxygen atoms in total. The van der Waals surface area contributed by atoms with E-state index in [0.717, 1.165) is 0 Å². The third-order valence-electron chi connectivity index (χ3n) is 4.64. The zero-order chi connectivity index (χ0) is 25.7. The highest BCUT2D eigenvalue weighted by atomic mass is 32.2. The average Bonchev–Trinajstić information content (AvgIpc) is 2.68. The van der Waals surface area contributed by atoms with Crippen LogP contribution in [0.5, 0.6) is 0 Å². The molecule has 0 aliphatic heterocycles. The van der Waals surface area contributed by atoms with Crippen molar-refractivity contribution >= 4 is 41.4 Å². The van der Waals surface area contributed by atoms with Crippen molar-refractivity contribution in [2.75, 3.05) is 12.0 Å². The summed E-state index contributed by atoms with van der Waals surface area (Å²) in [6, 6.07) is -4.59. The van der Waals surface area contributed by atoms with Crippen LogP contribution in [0, 0.1) is 11.8 Å². The lowest BCUT2D eigenvalue weighted by molar-refractivity contribution is -0.143. The number of carboxylic acid groups (broad SMARTS) is 2. The number of carbonyl (C=O) groups excluding carboxylic acids is 3. The zero-order valence-corrected chi connectivity index (χ0v) is 20.7. The van der Waals surface area contributed by atoms with E-state index in [-0.39, 0.29) is 24.7 Å². The van der Waals surface area contributed by atoms with Crippen molar-refractivity contribution in [3.8, 4) is 0 Å². The molecule has 0 saturated carbocycles. The van der Waals surface area contributed by atoms with E-state index in [1.165, 1.54) is 11.8 Å². The molecule has 0 radical (unpaired) electrons. The molecule has 0 aliphatic carbocycles. The van der Waals surface area contributed by atoms with Crippen LogP contribution in [0.3, 0.4) is 0 Å². The van der Waals surface area contributed by atoms with Crippen molar-refractivity contribution < 1.29 is 34.2 Å². The number of thioether (sulfide) groups is 1. The minimum atomic E-state index is -1.44. The molecule has 4 unspecified atom stereocenters. The van der Waals surface area contributed by atoms with Gasteiger partial charge >= 0.3 is 11.9 Å². The van der Waals surface area contributed by atoms with E-state index in [9.17, 15) is 34.2 Å². The molecule has 0 aromatic rings. The van der Waals surface area contributed by atoms with Crippen LogP contribution in [0.4, 0.5) is 0 Å². The van der Waals surface area contributed by atoms with Gasteiger partial charge in [-0.2, -0.15) is 11.8 Å². The highest BCUT2D eigenvalue weighted by Crippen LogP contribution is 2.09. The monoisotopic (exact) mass is 490 g/mol. The fraction of sp³-hybridized carbons (Fsp3) is 0.762. The van der Waals surface area contributed by atoms with Gasteiger partial charge in [-0.05, 0) is 43.1 Å². The quantitative estimate of drug-likeness (QED) is 0.175. The number of carboxylic acids is 2. The van der Waals surface area contributed by atoms with Gasteiger partial charge in [0.1, 0.15) is 18.1 Å². The molecule has 0 bridgehead atoms. The van der Waals surface area contributed by atoms with E-state index in [4.69, 9.17) is 5.73 Å². The number of carbonyl (C=O) groups is 5. The van der Waals surface area contributed by atoms with E-state index < -0.39 is 60.2 Å². The summed E-state index contributed by atoms with van der Waals surface area (Å²) >= 11 is 1.43. The Morgan fingerprint density at radius 2 is 1.27 bits per heavy atom. The minimum Gasteiger partial charge on any atom is -0.481 e. The van der Waals surface area contributed by atoms with Crippen LogP contribution >= 0.6 is 11.8 Å². The van der Waals surface area contributed by atoms with Gasteiger partial charge in [0.05, 0.1) is 12.5 Å². The number of amides is 3. The summed E-state index contributed by atoms with van der Waals surface area (Å²) in [5.41, 5.74) is 5.82. The first-order valence-electron chi connectivity index (χ1n) is 10.9. The number of nitrogens with one attached hydrogen (secondary N) is 3. The highest BCUT2D eigenvalue weighted by molar-refractivity contribution is 7.98. The van der Waals surface area contributed by atoms with Gasteiger partial charge in [0, 0.05) is 0 Å². The molecule has 0 rings (SSSR count). The second-order valence-corrected chi connectivity index (χ2v) is 9.75. The van der Waals surface area contributed by atoms with Crippen molar-refractivity contribution in [2.45, 2.75) is 77.5 Å². The predicted molar refractivity (Wildman–Crippen MR) is 126 cm³/mol.